The highest BCUT2D eigenvalue weighted by molar-refractivity contribution is 5.84. The molecule has 0 N–H and O–H groups in total. The summed E-state index contributed by atoms with van der Waals surface area (Å²) < 4.78 is 0. The van der Waals surface area contributed by atoms with Crippen LogP contribution >= 0.6 is 0 Å². The van der Waals surface area contributed by atoms with E-state index >= 15 is 0 Å². The Hall–Kier alpha value is -0.330. The monoisotopic (exact) mass is 182 g/mol. The van der Waals surface area contributed by atoms with Crippen LogP contribution in [0.25, 0.3) is 0 Å². The molecule has 0 aromatic heterocycles. The molecule has 0 saturated heterocycles. The Kier molecular flexibility index (Phi) is 5.10. The highest BCUT2D eigenvalue weighted by atomic mass is 16.1. The highest BCUT2D eigenvalue weighted by Gasteiger charge is 2.25. The number of rotatable bonds is 7. The summed E-state index contributed by atoms with van der Waals surface area (Å²) in [6, 6.07) is 0. The van der Waals surface area contributed by atoms with Crippen LogP contribution in [0.3, 0.4) is 0 Å². The van der Waals surface area contributed by atoms with Crippen molar-refractivity contribution < 1.29 is 4.79 Å². The van der Waals surface area contributed by atoms with E-state index in [1.165, 1.54) is 44.9 Å². The number of hydrogen-bond donors (Lipinski definition) is 0. The molecule has 1 nitrogen and oxygen atoms in total. The van der Waals surface area contributed by atoms with Crippen LogP contribution in [0.5, 0.6) is 0 Å². The first-order valence-corrected chi connectivity index (χ1v) is 5.84. The van der Waals surface area contributed by atoms with Gasteiger partial charge >= 0.3 is 0 Å². The third kappa shape index (κ3) is 4.44. The van der Waals surface area contributed by atoms with Crippen molar-refractivity contribution in [1.29, 1.82) is 0 Å². The van der Waals surface area contributed by atoms with Gasteiger partial charge in [0, 0.05) is 12.8 Å². The highest BCUT2D eigenvalue weighted by Crippen LogP contribution is 2.28. The first-order valence-electron chi connectivity index (χ1n) is 5.84. The Morgan fingerprint density at radius 2 is 1.69 bits per heavy atom. The van der Waals surface area contributed by atoms with Crippen LogP contribution in [0, 0.1) is 5.92 Å². The summed E-state index contributed by atoms with van der Waals surface area (Å²) in [5.41, 5.74) is 0. The lowest BCUT2D eigenvalue weighted by atomic mass is 9.80. The van der Waals surface area contributed by atoms with Gasteiger partial charge in [0.1, 0.15) is 5.78 Å². The lowest BCUT2D eigenvalue weighted by Gasteiger charge is -2.23. The Morgan fingerprint density at radius 3 is 2.31 bits per heavy atom. The Labute approximate surface area is 81.9 Å². The molecule has 0 bridgehead atoms. The quantitative estimate of drug-likeness (QED) is 0.548. The van der Waals surface area contributed by atoms with E-state index < -0.39 is 0 Å². The molecule has 0 radical (unpaired) electrons. The van der Waals surface area contributed by atoms with Gasteiger partial charge in [0.15, 0.2) is 0 Å². The van der Waals surface area contributed by atoms with Gasteiger partial charge in [0.2, 0.25) is 0 Å². The lowest BCUT2D eigenvalue weighted by Crippen LogP contribution is -2.22. The van der Waals surface area contributed by atoms with E-state index in [9.17, 15) is 4.79 Å². The van der Waals surface area contributed by atoms with Crippen LogP contribution in [0.2, 0.25) is 0 Å². The zero-order valence-electron chi connectivity index (χ0n) is 8.85. The van der Waals surface area contributed by atoms with E-state index in [0.717, 1.165) is 18.8 Å². The summed E-state index contributed by atoms with van der Waals surface area (Å²) in [4.78, 5) is 10.7. The largest absolute Gasteiger partial charge is 0.300 e. The second kappa shape index (κ2) is 6.17. The minimum Gasteiger partial charge on any atom is -0.300 e. The molecule has 1 heteroatoms. The van der Waals surface area contributed by atoms with Crippen molar-refractivity contribution in [3.63, 3.8) is 0 Å². The van der Waals surface area contributed by atoms with Gasteiger partial charge in [-0.2, -0.15) is 0 Å². The number of carbonyl (C=O) groups is 1. The summed E-state index contributed by atoms with van der Waals surface area (Å²) >= 11 is 0. The van der Waals surface area contributed by atoms with Gasteiger partial charge in [-0.3, -0.25) is 4.79 Å². The zero-order chi connectivity index (χ0) is 9.52. The second-order valence-electron chi connectivity index (χ2n) is 4.37. The molecule has 1 aliphatic carbocycles. The molecule has 0 amide bonds. The molecule has 1 aliphatic rings. The summed E-state index contributed by atoms with van der Waals surface area (Å²) in [6.07, 6.45) is 11.3. The average molecular weight is 182 g/mol. The number of unbranched alkanes of at least 4 members (excludes halogenated alkanes) is 5. The molecule has 0 spiro atoms. The number of ketones is 1. The minimum absolute atomic E-state index is 0.482. The van der Waals surface area contributed by atoms with Gasteiger partial charge < -0.3 is 0 Å². The molecule has 1 rings (SSSR count). The van der Waals surface area contributed by atoms with Crippen LogP contribution in [-0.4, -0.2) is 5.78 Å². The van der Waals surface area contributed by atoms with E-state index in [4.69, 9.17) is 0 Å². The van der Waals surface area contributed by atoms with Gasteiger partial charge in [-0.1, -0.05) is 45.4 Å². The SMILES string of the molecule is CCCCCCCCC1CC(=O)C1. The van der Waals surface area contributed by atoms with Crippen LogP contribution in [-0.2, 0) is 4.79 Å². The van der Waals surface area contributed by atoms with Crippen LogP contribution < -0.4 is 0 Å². The molecule has 76 valence electrons. The number of Topliss-reactive ketones (excluding diaryl/α,β-unsaturated/α-hetero) is 1. The van der Waals surface area contributed by atoms with Gasteiger partial charge in [0.25, 0.3) is 0 Å². The summed E-state index contributed by atoms with van der Waals surface area (Å²) in [5, 5.41) is 0. The predicted octanol–water partition coefficient (Wildman–Crippen LogP) is 3.72. The first-order chi connectivity index (χ1) is 6.33. The van der Waals surface area contributed by atoms with Gasteiger partial charge in [0.05, 0.1) is 0 Å². The van der Waals surface area contributed by atoms with Crippen molar-refractivity contribution in [2.75, 3.05) is 0 Å². The van der Waals surface area contributed by atoms with Crippen LogP contribution in [0.1, 0.15) is 64.7 Å². The topological polar surface area (TPSA) is 17.1 Å². The minimum atomic E-state index is 0.482. The lowest BCUT2D eigenvalue weighted by molar-refractivity contribution is -0.127. The Morgan fingerprint density at radius 1 is 1.08 bits per heavy atom. The fourth-order valence-corrected chi connectivity index (χ4v) is 2.00. The predicted molar refractivity (Wildman–Crippen MR) is 55.7 cm³/mol. The Bertz CT molecular complexity index is 143. The molecule has 0 unspecified atom stereocenters. The van der Waals surface area contributed by atoms with Crippen molar-refractivity contribution in [3.05, 3.63) is 0 Å². The molecule has 0 aromatic carbocycles. The molecule has 0 aromatic rings. The summed E-state index contributed by atoms with van der Waals surface area (Å²) in [7, 11) is 0. The fourth-order valence-electron chi connectivity index (χ4n) is 2.00. The Balaban J connectivity index is 1.77. The molecular formula is C12H22O. The normalized spacial score (nSPS) is 17.5. The smallest absolute Gasteiger partial charge is 0.133 e. The van der Waals surface area contributed by atoms with E-state index in [2.05, 4.69) is 6.92 Å². The number of carbonyl (C=O) groups excluding carboxylic acids is 1. The third-order valence-corrected chi connectivity index (χ3v) is 3.00. The fraction of sp³-hybridized carbons (Fsp3) is 0.917. The molecule has 0 aliphatic heterocycles. The van der Waals surface area contributed by atoms with Gasteiger partial charge in [-0.15, -0.1) is 0 Å². The maximum absolute atomic E-state index is 10.7. The standard InChI is InChI=1S/C12H22O/c1-2-3-4-5-6-7-8-11-9-12(13)10-11/h11H,2-10H2,1H3. The van der Waals surface area contributed by atoms with Gasteiger partial charge in [-0.05, 0) is 12.3 Å². The van der Waals surface area contributed by atoms with Crippen molar-refractivity contribution in [3.8, 4) is 0 Å². The summed E-state index contributed by atoms with van der Waals surface area (Å²) in [5.74, 6) is 1.25. The van der Waals surface area contributed by atoms with E-state index in [-0.39, 0.29) is 0 Å². The van der Waals surface area contributed by atoms with Crippen molar-refractivity contribution in [2.24, 2.45) is 5.92 Å². The van der Waals surface area contributed by atoms with Crippen LogP contribution in [0.15, 0.2) is 0 Å². The van der Waals surface area contributed by atoms with Crippen LogP contribution in [0.4, 0.5) is 0 Å². The second-order valence-corrected chi connectivity index (χ2v) is 4.37. The number of hydrogen-bond acceptors (Lipinski definition) is 1. The van der Waals surface area contributed by atoms with E-state index in [0.29, 0.717) is 5.78 Å². The molecule has 0 atom stereocenters. The molecule has 0 heterocycles. The molecular weight excluding hydrogens is 160 g/mol. The van der Waals surface area contributed by atoms with Crippen molar-refractivity contribution >= 4 is 5.78 Å². The third-order valence-electron chi connectivity index (χ3n) is 3.00. The maximum Gasteiger partial charge on any atom is 0.133 e. The molecule has 1 fully saturated rings. The first kappa shape index (κ1) is 10.7. The summed E-state index contributed by atoms with van der Waals surface area (Å²) in [6.45, 7) is 2.25. The van der Waals surface area contributed by atoms with Crippen molar-refractivity contribution in [1.82, 2.24) is 0 Å². The maximum atomic E-state index is 10.7. The molecule has 1 saturated carbocycles. The molecule has 13 heavy (non-hydrogen) atoms. The average Bonchev–Trinajstić information content (AvgIpc) is 2.07. The van der Waals surface area contributed by atoms with Gasteiger partial charge in [-0.25, -0.2) is 0 Å². The van der Waals surface area contributed by atoms with Crippen molar-refractivity contribution in [2.45, 2.75) is 64.7 Å². The van der Waals surface area contributed by atoms with E-state index in [1.54, 1.807) is 0 Å². The van der Waals surface area contributed by atoms with E-state index in [1.807, 2.05) is 0 Å². The zero-order valence-corrected chi connectivity index (χ0v) is 8.85.